The van der Waals surface area contributed by atoms with E-state index in [1.54, 1.807) is 0 Å². The first-order valence-corrected chi connectivity index (χ1v) is 6.08. The van der Waals surface area contributed by atoms with Gasteiger partial charge in [-0.25, -0.2) is 0 Å². The Morgan fingerprint density at radius 1 is 1.25 bits per heavy atom. The molecule has 0 saturated carbocycles. The lowest BCUT2D eigenvalue weighted by Crippen LogP contribution is -2.47. The fourth-order valence-electron chi connectivity index (χ4n) is 2.14. The van der Waals surface area contributed by atoms with E-state index >= 15 is 0 Å². The van der Waals surface area contributed by atoms with Crippen molar-refractivity contribution in [2.45, 2.75) is 57.0 Å². The summed E-state index contributed by atoms with van der Waals surface area (Å²) < 4.78 is 0. The van der Waals surface area contributed by atoms with Crippen LogP contribution < -0.4 is 10.6 Å². The molecule has 0 bridgehead atoms. The largest absolute Gasteiger partial charge is 0.287 e. The van der Waals surface area contributed by atoms with Gasteiger partial charge in [0.1, 0.15) is 11.6 Å². The molecule has 1 aliphatic heterocycles. The van der Waals surface area contributed by atoms with Gasteiger partial charge >= 0.3 is 0 Å². The Morgan fingerprint density at radius 3 is 2.62 bits per heavy atom. The van der Waals surface area contributed by atoms with Crippen LogP contribution in [-0.2, 0) is 0 Å². The number of unbranched alkanes of at least 4 members (excludes halogenated alkanes) is 4. The molecule has 2 N–H and O–H groups in total. The quantitative estimate of drug-likeness (QED) is 0.668. The van der Waals surface area contributed by atoms with Gasteiger partial charge in [-0.1, -0.05) is 39.0 Å². The highest BCUT2D eigenvalue weighted by atomic mass is 15.2. The average Bonchev–Trinajstić information content (AvgIpc) is 2.72. The molecule has 1 heterocycles. The van der Waals surface area contributed by atoms with Gasteiger partial charge in [0, 0.05) is 6.67 Å². The molecular weight excluding hydrogens is 200 g/mol. The molecule has 1 fully saturated rings. The Balaban J connectivity index is 2.37. The predicted octanol–water partition coefficient (Wildman–Crippen LogP) is 1.65. The second-order valence-corrected chi connectivity index (χ2v) is 4.37. The third-order valence-corrected chi connectivity index (χ3v) is 3.21. The number of nitrogens with zero attached hydrogens (tertiary/aromatic N) is 2. The molecule has 4 nitrogen and oxygen atoms in total. The molecule has 4 heteroatoms. The molecule has 0 aromatic carbocycles. The van der Waals surface area contributed by atoms with Crippen molar-refractivity contribution < 1.29 is 0 Å². The predicted molar refractivity (Wildman–Crippen MR) is 62.3 cm³/mol. The summed E-state index contributed by atoms with van der Waals surface area (Å²) in [5.41, 5.74) is -0.666. The van der Waals surface area contributed by atoms with Crippen LogP contribution in [0.2, 0.25) is 0 Å². The monoisotopic (exact) mass is 220 g/mol. The van der Waals surface area contributed by atoms with E-state index in [1.165, 1.54) is 19.3 Å². The van der Waals surface area contributed by atoms with Crippen LogP contribution in [0.25, 0.3) is 0 Å². The molecule has 0 spiro atoms. The second kappa shape index (κ2) is 6.48. The van der Waals surface area contributed by atoms with Crippen LogP contribution in [0.5, 0.6) is 0 Å². The minimum atomic E-state index is -0.666. The van der Waals surface area contributed by atoms with Gasteiger partial charge in [-0.2, -0.15) is 10.5 Å². The lowest BCUT2D eigenvalue weighted by molar-refractivity contribution is 0.407. The summed E-state index contributed by atoms with van der Waals surface area (Å²) in [6, 6.07) is 4.06. The van der Waals surface area contributed by atoms with Gasteiger partial charge in [-0.15, -0.1) is 0 Å². The SMILES string of the molecule is CCCCCCCC1(C#N)NCNC1C#N. The number of nitrogens with one attached hydrogen (secondary N) is 2. The molecule has 2 atom stereocenters. The zero-order chi connectivity index (χ0) is 11.9. The molecule has 2 unspecified atom stereocenters. The Morgan fingerprint density at radius 2 is 2.00 bits per heavy atom. The Hall–Kier alpha value is -1.10. The first kappa shape index (κ1) is 13.0. The first-order chi connectivity index (χ1) is 7.79. The number of hydrogen-bond donors (Lipinski definition) is 2. The summed E-state index contributed by atoms with van der Waals surface area (Å²) in [5.74, 6) is 0. The Kier molecular flexibility index (Phi) is 5.25. The van der Waals surface area contributed by atoms with E-state index in [1.807, 2.05) is 0 Å². The third-order valence-electron chi connectivity index (χ3n) is 3.21. The molecule has 0 radical (unpaired) electrons. The Bertz CT molecular complexity index is 288. The van der Waals surface area contributed by atoms with E-state index < -0.39 is 5.54 Å². The molecule has 0 aliphatic carbocycles. The fourth-order valence-corrected chi connectivity index (χ4v) is 2.14. The molecule has 0 aromatic rings. The van der Waals surface area contributed by atoms with Gasteiger partial charge in [0.05, 0.1) is 12.1 Å². The van der Waals surface area contributed by atoms with E-state index in [-0.39, 0.29) is 6.04 Å². The summed E-state index contributed by atoms with van der Waals surface area (Å²) in [5, 5.41) is 24.3. The molecule has 0 amide bonds. The number of hydrogen-bond acceptors (Lipinski definition) is 4. The summed E-state index contributed by atoms with van der Waals surface area (Å²) in [6.07, 6.45) is 6.63. The molecule has 88 valence electrons. The van der Waals surface area contributed by atoms with Crippen LogP contribution in [-0.4, -0.2) is 18.2 Å². The van der Waals surface area contributed by atoms with E-state index in [4.69, 9.17) is 5.26 Å². The lowest BCUT2D eigenvalue weighted by Gasteiger charge is -2.23. The van der Waals surface area contributed by atoms with Gasteiger partial charge in [0.15, 0.2) is 0 Å². The van der Waals surface area contributed by atoms with Crippen LogP contribution in [0.1, 0.15) is 45.4 Å². The summed E-state index contributed by atoms with van der Waals surface area (Å²) in [7, 11) is 0. The lowest BCUT2D eigenvalue weighted by atomic mass is 9.88. The van der Waals surface area contributed by atoms with Gasteiger partial charge in [-0.05, 0) is 6.42 Å². The highest BCUT2D eigenvalue weighted by Gasteiger charge is 2.42. The minimum Gasteiger partial charge on any atom is -0.287 e. The van der Waals surface area contributed by atoms with Crippen LogP contribution in [0.4, 0.5) is 0 Å². The maximum Gasteiger partial charge on any atom is 0.136 e. The van der Waals surface area contributed by atoms with Crippen LogP contribution in [0.15, 0.2) is 0 Å². The maximum atomic E-state index is 9.22. The number of rotatable bonds is 6. The van der Waals surface area contributed by atoms with E-state index in [0.29, 0.717) is 6.67 Å². The van der Waals surface area contributed by atoms with Gasteiger partial charge in [0.2, 0.25) is 0 Å². The van der Waals surface area contributed by atoms with Crippen molar-refractivity contribution in [1.29, 1.82) is 10.5 Å². The zero-order valence-corrected chi connectivity index (χ0v) is 9.92. The summed E-state index contributed by atoms with van der Waals surface area (Å²) in [4.78, 5) is 0. The molecule has 1 saturated heterocycles. The van der Waals surface area contributed by atoms with Crippen molar-refractivity contribution in [3.05, 3.63) is 0 Å². The van der Waals surface area contributed by atoms with Crippen molar-refractivity contribution in [3.8, 4) is 12.1 Å². The van der Waals surface area contributed by atoms with E-state index in [9.17, 15) is 5.26 Å². The average molecular weight is 220 g/mol. The third kappa shape index (κ3) is 2.95. The van der Waals surface area contributed by atoms with E-state index in [0.717, 1.165) is 19.3 Å². The maximum absolute atomic E-state index is 9.22. The van der Waals surface area contributed by atoms with Crippen LogP contribution >= 0.6 is 0 Å². The van der Waals surface area contributed by atoms with Crippen molar-refractivity contribution in [2.24, 2.45) is 0 Å². The summed E-state index contributed by atoms with van der Waals surface area (Å²) in [6.45, 7) is 2.74. The molecule has 0 aromatic heterocycles. The van der Waals surface area contributed by atoms with Gasteiger partial charge in [-0.3, -0.25) is 10.6 Å². The zero-order valence-electron chi connectivity index (χ0n) is 9.92. The first-order valence-electron chi connectivity index (χ1n) is 6.08. The molecule has 16 heavy (non-hydrogen) atoms. The molecular formula is C12H20N4. The normalized spacial score (nSPS) is 28.6. The van der Waals surface area contributed by atoms with Crippen molar-refractivity contribution in [1.82, 2.24) is 10.6 Å². The van der Waals surface area contributed by atoms with Crippen LogP contribution in [0, 0.1) is 22.7 Å². The molecule has 1 rings (SSSR count). The topological polar surface area (TPSA) is 71.6 Å². The highest BCUT2D eigenvalue weighted by Crippen LogP contribution is 2.22. The Labute approximate surface area is 97.6 Å². The van der Waals surface area contributed by atoms with E-state index in [2.05, 4.69) is 29.7 Å². The highest BCUT2D eigenvalue weighted by molar-refractivity contribution is 5.23. The van der Waals surface area contributed by atoms with Gasteiger partial charge in [0.25, 0.3) is 0 Å². The van der Waals surface area contributed by atoms with Crippen LogP contribution in [0.3, 0.4) is 0 Å². The standard InChI is InChI=1S/C12H20N4/c1-2-3-4-5-6-7-12(9-14)11(8-13)15-10-16-12/h11,15-16H,2-7,10H2,1H3. The number of nitriles is 2. The van der Waals surface area contributed by atoms with Gasteiger partial charge < -0.3 is 0 Å². The van der Waals surface area contributed by atoms with Crippen molar-refractivity contribution in [3.63, 3.8) is 0 Å². The fraction of sp³-hybridized carbons (Fsp3) is 0.833. The van der Waals surface area contributed by atoms with Crippen molar-refractivity contribution in [2.75, 3.05) is 6.67 Å². The second-order valence-electron chi connectivity index (χ2n) is 4.37. The molecule has 1 aliphatic rings. The minimum absolute atomic E-state index is 0.372. The smallest absolute Gasteiger partial charge is 0.136 e. The summed E-state index contributed by atoms with van der Waals surface area (Å²) >= 11 is 0. The van der Waals surface area contributed by atoms with Crippen molar-refractivity contribution >= 4 is 0 Å².